The molecule has 0 radical (unpaired) electrons. The van der Waals surface area contributed by atoms with Gasteiger partial charge in [-0.3, -0.25) is 4.79 Å². The van der Waals surface area contributed by atoms with Gasteiger partial charge in [-0.2, -0.15) is 0 Å². The second kappa shape index (κ2) is 6.32. The smallest absolute Gasteiger partial charge is 0.316 e. The van der Waals surface area contributed by atoms with Crippen LogP contribution in [-0.2, 0) is 10.7 Å². The number of anilines is 1. The van der Waals surface area contributed by atoms with Crippen LogP contribution in [0.1, 0.15) is 26.2 Å². The SMILES string of the molecule is CCCNC(=O)C(C)Nc1nnc(CCl)o1. The van der Waals surface area contributed by atoms with E-state index in [0.29, 0.717) is 12.4 Å². The maximum atomic E-state index is 11.5. The number of rotatable bonds is 6. The average Bonchev–Trinajstić information content (AvgIpc) is 2.73. The molecule has 2 N–H and O–H groups in total. The van der Waals surface area contributed by atoms with Gasteiger partial charge >= 0.3 is 6.01 Å². The van der Waals surface area contributed by atoms with Crippen LogP contribution in [0, 0.1) is 0 Å². The fourth-order valence-electron chi connectivity index (χ4n) is 1.02. The number of amides is 1. The van der Waals surface area contributed by atoms with Crippen LogP contribution in [0.2, 0.25) is 0 Å². The van der Waals surface area contributed by atoms with Crippen LogP contribution >= 0.6 is 11.6 Å². The molecular weight excluding hydrogens is 232 g/mol. The fourth-order valence-corrected chi connectivity index (χ4v) is 1.13. The van der Waals surface area contributed by atoms with Crippen molar-refractivity contribution in [2.75, 3.05) is 11.9 Å². The highest BCUT2D eigenvalue weighted by atomic mass is 35.5. The molecule has 0 aliphatic rings. The Morgan fingerprint density at radius 3 is 2.88 bits per heavy atom. The molecule has 16 heavy (non-hydrogen) atoms. The molecule has 1 aromatic heterocycles. The van der Waals surface area contributed by atoms with Gasteiger partial charge in [-0.1, -0.05) is 12.0 Å². The predicted molar refractivity (Wildman–Crippen MR) is 60.2 cm³/mol. The van der Waals surface area contributed by atoms with E-state index in [1.54, 1.807) is 6.92 Å². The van der Waals surface area contributed by atoms with Gasteiger partial charge in [0.15, 0.2) is 0 Å². The molecule has 1 unspecified atom stereocenters. The molecular formula is C9H15ClN4O2. The van der Waals surface area contributed by atoms with Crippen LogP contribution in [0.3, 0.4) is 0 Å². The maximum Gasteiger partial charge on any atom is 0.316 e. The minimum absolute atomic E-state index is 0.104. The van der Waals surface area contributed by atoms with Gasteiger partial charge in [0, 0.05) is 6.54 Å². The van der Waals surface area contributed by atoms with E-state index in [4.69, 9.17) is 16.0 Å². The molecule has 1 amide bonds. The molecule has 0 bridgehead atoms. The normalized spacial score (nSPS) is 12.2. The molecule has 0 saturated heterocycles. The van der Waals surface area contributed by atoms with E-state index >= 15 is 0 Å². The number of aromatic nitrogens is 2. The third-order valence-corrected chi connectivity index (χ3v) is 2.09. The zero-order valence-electron chi connectivity index (χ0n) is 9.29. The summed E-state index contributed by atoms with van der Waals surface area (Å²) in [4.78, 5) is 11.5. The highest BCUT2D eigenvalue weighted by Crippen LogP contribution is 2.08. The van der Waals surface area contributed by atoms with Gasteiger partial charge in [-0.15, -0.1) is 16.7 Å². The summed E-state index contributed by atoms with van der Waals surface area (Å²) >= 11 is 5.50. The number of carbonyl (C=O) groups is 1. The summed E-state index contributed by atoms with van der Waals surface area (Å²) in [5.41, 5.74) is 0. The Morgan fingerprint density at radius 2 is 2.31 bits per heavy atom. The van der Waals surface area contributed by atoms with E-state index in [1.165, 1.54) is 0 Å². The Balaban J connectivity index is 2.43. The van der Waals surface area contributed by atoms with E-state index in [1.807, 2.05) is 6.92 Å². The fraction of sp³-hybridized carbons (Fsp3) is 0.667. The minimum atomic E-state index is -0.421. The molecule has 0 saturated carbocycles. The van der Waals surface area contributed by atoms with Crippen molar-refractivity contribution in [2.45, 2.75) is 32.2 Å². The van der Waals surface area contributed by atoms with E-state index in [-0.39, 0.29) is 17.8 Å². The number of hydrogen-bond donors (Lipinski definition) is 2. The third-order valence-electron chi connectivity index (χ3n) is 1.86. The largest absolute Gasteiger partial charge is 0.407 e. The molecule has 0 aliphatic carbocycles. The maximum absolute atomic E-state index is 11.5. The number of nitrogens with zero attached hydrogens (tertiary/aromatic N) is 2. The first kappa shape index (κ1) is 12.8. The van der Waals surface area contributed by atoms with Crippen molar-refractivity contribution < 1.29 is 9.21 Å². The first-order valence-corrected chi connectivity index (χ1v) is 5.63. The highest BCUT2D eigenvalue weighted by Gasteiger charge is 2.14. The molecule has 6 nitrogen and oxygen atoms in total. The van der Waals surface area contributed by atoms with Crippen molar-refractivity contribution in [3.8, 4) is 0 Å². The standard InChI is InChI=1S/C9H15ClN4O2/c1-3-4-11-8(15)6(2)12-9-14-13-7(5-10)16-9/h6H,3-5H2,1-2H3,(H,11,15)(H,12,14). The van der Waals surface area contributed by atoms with Crippen molar-refractivity contribution >= 4 is 23.5 Å². The number of alkyl halides is 1. The molecule has 1 aromatic rings. The third kappa shape index (κ3) is 3.69. The van der Waals surface area contributed by atoms with Crippen LogP contribution < -0.4 is 10.6 Å². The molecule has 1 rings (SSSR count). The summed E-state index contributed by atoms with van der Waals surface area (Å²) in [6.45, 7) is 4.36. The predicted octanol–water partition coefficient (Wildman–Crippen LogP) is 1.13. The lowest BCUT2D eigenvalue weighted by Crippen LogP contribution is -2.37. The summed E-state index contributed by atoms with van der Waals surface area (Å²) in [7, 11) is 0. The van der Waals surface area contributed by atoms with E-state index in [9.17, 15) is 4.79 Å². The summed E-state index contributed by atoms with van der Waals surface area (Å²) in [5, 5.41) is 12.9. The number of halogens is 1. The van der Waals surface area contributed by atoms with Crippen LogP contribution in [0.5, 0.6) is 0 Å². The monoisotopic (exact) mass is 246 g/mol. The van der Waals surface area contributed by atoms with Crippen molar-refractivity contribution in [1.29, 1.82) is 0 Å². The van der Waals surface area contributed by atoms with E-state index < -0.39 is 6.04 Å². The van der Waals surface area contributed by atoms with E-state index in [0.717, 1.165) is 6.42 Å². The van der Waals surface area contributed by atoms with Gasteiger partial charge in [-0.25, -0.2) is 0 Å². The summed E-state index contributed by atoms with van der Waals surface area (Å²) < 4.78 is 5.11. The molecule has 90 valence electrons. The number of nitrogens with one attached hydrogen (secondary N) is 2. The second-order valence-corrected chi connectivity index (χ2v) is 3.56. The van der Waals surface area contributed by atoms with Crippen LogP contribution in [0.15, 0.2) is 4.42 Å². The Kier molecular flexibility index (Phi) is 5.04. The van der Waals surface area contributed by atoms with Gasteiger partial charge in [0.25, 0.3) is 0 Å². The summed E-state index contributed by atoms with van der Waals surface area (Å²) in [6, 6.07) is -0.218. The van der Waals surface area contributed by atoms with Crippen LogP contribution in [0.25, 0.3) is 0 Å². The zero-order valence-corrected chi connectivity index (χ0v) is 10.0. The highest BCUT2D eigenvalue weighted by molar-refractivity contribution is 6.16. The topological polar surface area (TPSA) is 80.0 Å². The molecule has 0 spiro atoms. The lowest BCUT2D eigenvalue weighted by molar-refractivity contribution is -0.121. The Hall–Kier alpha value is -1.30. The molecule has 0 aliphatic heterocycles. The van der Waals surface area contributed by atoms with Gasteiger partial charge in [-0.05, 0) is 13.3 Å². The number of hydrogen-bond acceptors (Lipinski definition) is 5. The Morgan fingerprint density at radius 1 is 1.56 bits per heavy atom. The second-order valence-electron chi connectivity index (χ2n) is 3.29. The van der Waals surface area contributed by atoms with Crippen LogP contribution in [0.4, 0.5) is 6.01 Å². The number of carbonyl (C=O) groups excluding carboxylic acids is 1. The molecule has 0 aromatic carbocycles. The quantitative estimate of drug-likeness (QED) is 0.736. The summed E-state index contributed by atoms with van der Waals surface area (Å²) in [6.07, 6.45) is 0.898. The average molecular weight is 247 g/mol. The molecule has 1 atom stereocenters. The van der Waals surface area contributed by atoms with Crippen molar-refractivity contribution in [3.63, 3.8) is 0 Å². The van der Waals surface area contributed by atoms with Crippen molar-refractivity contribution in [1.82, 2.24) is 15.5 Å². The Labute approximate surface area is 98.8 Å². The minimum Gasteiger partial charge on any atom is -0.407 e. The molecule has 1 heterocycles. The van der Waals surface area contributed by atoms with E-state index in [2.05, 4.69) is 20.8 Å². The van der Waals surface area contributed by atoms with Gasteiger partial charge in [0.1, 0.15) is 11.9 Å². The van der Waals surface area contributed by atoms with Crippen molar-refractivity contribution in [3.05, 3.63) is 5.89 Å². The molecule has 0 fully saturated rings. The van der Waals surface area contributed by atoms with Gasteiger partial charge in [0.05, 0.1) is 0 Å². The summed E-state index contributed by atoms with van der Waals surface area (Å²) in [5.74, 6) is 0.378. The lowest BCUT2D eigenvalue weighted by Gasteiger charge is -2.11. The van der Waals surface area contributed by atoms with Crippen molar-refractivity contribution in [2.24, 2.45) is 0 Å². The van der Waals surface area contributed by atoms with Gasteiger partial charge in [0.2, 0.25) is 11.8 Å². The Bertz CT molecular complexity index is 342. The lowest BCUT2D eigenvalue weighted by atomic mass is 10.3. The first-order chi connectivity index (χ1) is 7.67. The van der Waals surface area contributed by atoms with Gasteiger partial charge < -0.3 is 15.1 Å². The molecule has 7 heteroatoms. The zero-order chi connectivity index (χ0) is 12.0. The van der Waals surface area contributed by atoms with Crippen LogP contribution in [-0.4, -0.2) is 28.7 Å². The first-order valence-electron chi connectivity index (χ1n) is 5.10.